The standard InChI is InChI=1S/C18H29NO2/c1-3-4-12-21-17-11-10-15(13-18(17)20-2)14-19-16-8-6-5-7-9-16/h10-11,13,16,19H,3-9,12,14H2,1-2H3. The predicted molar refractivity (Wildman–Crippen MR) is 87.1 cm³/mol. The number of benzene rings is 1. The highest BCUT2D eigenvalue weighted by Gasteiger charge is 2.13. The zero-order valence-corrected chi connectivity index (χ0v) is 13.5. The van der Waals surface area contributed by atoms with Crippen LogP contribution in [0, 0.1) is 0 Å². The van der Waals surface area contributed by atoms with Gasteiger partial charge in [0.15, 0.2) is 11.5 Å². The summed E-state index contributed by atoms with van der Waals surface area (Å²) in [6.07, 6.45) is 8.98. The van der Waals surface area contributed by atoms with Crippen LogP contribution in [0.3, 0.4) is 0 Å². The molecule has 0 atom stereocenters. The van der Waals surface area contributed by atoms with Gasteiger partial charge < -0.3 is 14.8 Å². The van der Waals surface area contributed by atoms with Crippen LogP contribution in [-0.4, -0.2) is 19.8 Å². The molecule has 0 unspecified atom stereocenters. The van der Waals surface area contributed by atoms with E-state index in [2.05, 4.69) is 24.4 Å². The summed E-state index contributed by atoms with van der Waals surface area (Å²) in [6, 6.07) is 6.95. The van der Waals surface area contributed by atoms with E-state index in [1.165, 1.54) is 37.7 Å². The second kappa shape index (κ2) is 8.93. The van der Waals surface area contributed by atoms with E-state index < -0.39 is 0 Å². The number of unbranched alkanes of at least 4 members (excludes halogenated alkanes) is 1. The summed E-state index contributed by atoms with van der Waals surface area (Å²) in [5.74, 6) is 1.70. The Morgan fingerprint density at radius 3 is 2.67 bits per heavy atom. The van der Waals surface area contributed by atoms with Gasteiger partial charge in [-0.1, -0.05) is 38.7 Å². The highest BCUT2D eigenvalue weighted by Crippen LogP contribution is 2.28. The highest BCUT2D eigenvalue weighted by molar-refractivity contribution is 5.42. The monoisotopic (exact) mass is 291 g/mol. The van der Waals surface area contributed by atoms with E-state index in [9.17, 15) is 0 Å². The van der Waals surface area contributed by atoms with Crippen molar-refractivity contribution < 1.29 is 9.47 Å². The maximum absolute atomic E-state index is 5.77. The second-order valence-corrected chi connectivity index (χ2v) is 5.90. The minimum absolute atomic E-state index is 0.685. The van der Waals surface area contributed by atoms with Gasteiger partial charge in [0.25, 0.3) is 0 Å². The first kappa shape index (κ1) is 16.2. The van der Waals surface area contributed by atoms with Crippen LogP contribution in [-0.2, 0) is 6.54 Å². The molecule has 0 radical (unpaired) electrons. The molecule has 0 heterocycles. The molecule has 3 heteroatoms. The lowest BCUT2D eigenvalue weighted by Gasteiger charge is -2.23. The molecular weight excluding hydrogens is 262 g/mol. The minimum Gasteiger partial charge on any atom is -0.493 e. The smallest absolute Gasteiger partial charge is 0.161 e. The SMILES string of the molecule is CCCCOc1ccc(CNC2CCCCC2)cc1OC. The van der Waals surface area contributed by atoms with Gasteiger partial charge in [-0.25, -0.2) is 0 Å². The number of methoxy groups -OCH3 is 1. The van der Waals surface area contributed by atoms with Crippen molar-refractivity contribution in [1.29, 1.82) is 0 Å². The fourth-order valence-corrected chi connectivity index (χ4v) is 2.84. The van der Waals surface area contributed by atoms with Crippen LogP contribution in [0.15, 0.2) is 18.2 Å². The number of nitrogens with one attached hydrogen (secondary N) is 1. The first-order valence-electron chi connectivity index (χ1n) is 8.36. The Hall–Kier alpha value is -1.22. The van der Waals surface area contributed by atoms with Crippen LogP contribution in [0.5, 0.6) is 11.5 Å². The van der Waals surface area contributed by atoms with Crippen molar-refractivity contribution in [1.82, 2.24) is 5.32 Å². The number of hydrogen-bond acceptors (Lipinski definition) is 3. The largest absolute Gasteiger partial charge is 0.493 e. The minimum atomic E-state index is 0.685. The molecule has 1 aliphatic carbocycles. The summed E-state index contributed by atoms with van der Waals surface area (Å²) in [6.45, 7) is 3.84. The number of hydrogen-bond donors (Lipinski definition) is 1. The van der Waals surface area contributed by atoms with Crippen molar-refractivity contribution in [3.63, 3.8) is 0 Å². The second-order valence-electron chi connectivity index (χ2n) is 5.90. The van der Waals surface area contributed by atoms with E-state index in [0.29, 0.717) is 6.04 Å². The quantitative estimate of drug-likeness (QED) is 0.725. The van der Waals surface area contributed by atoms with Crippen molar-refractivity contribution in [3.8, 4) is 11.5 Å². The van der Waals surface area contributed by atoms with Gasteiger partial charge in [-0.2, -0.15) is 0 Å². The molecule has 2 rings (SSSR count). The van der Waals surface area contributed by atoms with E-state index in [0.717, 1.165) is 37.5 Å². The van der Waals surface area contributed by atoms with Crippen molar-refractivity contribution in [2.45, 2.75) is 64.5 Å². The van der Waals surface area contributed by atoms with E-state index in [1.54, 1.807) is 7.11 Å². The van der Waals surface area contributed by atoms with Gasteiger partial charge >= 0.3 is 0 Å². The van der Waals surface area contributed by atoms with E-state index in [-0.39, 0.29) is 0 Å². The molecule has 0 amide bonds. The Balaban J connectivity index is 1.88. The molecule has 1 saturated carbocycles. The van der Waals surface area contributed by atoms with Gasteiger partial charge in [0, 0.05) is 12.6 Å². The first-order valence-corrected chi connectivity index (χ1v) is 8.36. The molecule has 1 aromatic carbocycles. The first-order chi connectivity index (χ1) is 10.3. The molecule has 0 bridgehead atoms. The third kappa shape index (κ3) is 5.24. The van der Waals surface area contributed by atoms with Gasteiger partial charge in [-0.05, 0) is 37.0 Å². The van der Waals surface area contributed by atoms with Crippen molar-refractivity contribution in [2.75, 3.05) is 13.7 Å². The van der Waals surface area contributed by atoms with Crippen LogP contribution in [0.25, 0.3) is 0 Å². The Labute approximate surface area is 129 Å². The lowest BCUT2D eigenvalue weighted by molar-refractivity contribution is 0.288. The molecule has 1 aromatic rings. The van der Waals surface area contributed by atoms with Gasteiger partial charge in [0.1, 0.15) is 0 Å². The predicted octanol–water partition coefficient (Wildman–Crippen LogP) is 4.30. The normalized spacial score (nSPS) is 15.9. The Kier molecular flexibility index (Phi) is 6.87. The molecule has 118 valence electrons. The Bertz CT molecular complexity index is 414. The van der Waals surface area contributed by atoms with Gasteiger partial charge in [-0.3, -0.25) is 0 Å². The van der Waals surface area contributed by atoms with Gasteiger partial charge in [0.05, 0.1) is 13.7 Å². The van der Waals surface area contributed by atoms with Crippen molar-refractivity contribution in [3.05, 3.63) is 23.8 Å². The maximum atomic E-state index is 5.77. The molecule has 0 aliphatic heterocycles. The molecule has 1 N–H and O–H groups in total. The molecule has 0 saturated heterocycles. The molecule has 0 aromatic heterocycles. The molecule has 0 spiro atoms. The van der Waals surface area contributed by atoms with Crippen molar-refractivity contribution in [2.24, 2.45) is 0 Å². The van der Waals surface area contributed by atoms with Crippen LogP contribution in [0.1, 0.15) is 57.4 Å². The molecule has 1 fully saturated rings. The summed E-state index contributed by atoms with van der Waals surface area (Å²) in [4.78, 5) is 0. The molecule has 1 aliphatic rings. The lowest BCUT2D eigenvalue weighted by Crippen LogP contribution is -2.30. The fraction of sp³-hybridized carbons (Fsp3) is 0.667. The summed E-state index contributed by atoms with van der Waals surface area (Å²) in [5.41, 5.74) is 1.26. The number of rotatable bonds is 8. The fourth-order valence-electron chi connectivity index (χ4n) is 2.84. The topological polar surface area (TPSA) is 30.5 Å². The Morgan fingerprint density at radius 1 is 1.14 bits per heavy atom. The van der Waals surface area contributed by atoms with Gasteiger partial charge in [0.2, 0.25) is 0 Å². The summed E-state index contributed by atoms with van der Waals surface area (Å²) in [5, 5.41) is 3.66. The van der Waals surface area contributed by atoms with Crippen LogP contribution in [0.4, 0.5) is 0 Å². The Morgan fingerprint density at radius 2 is 1.95 bits per heavy atom. The highest BCUT2D eigenvalue weighted by atomic mass is 16.5. The third-order valence-electron chi connectivity index (χ3n) is 4.18. The average Bonchev–Trinajstić information content (AvgIpc) is 2.55. The molecule has 21 heavy (non-hydrogen) atoms. The van der Waals surface area contributed by atoms with Gasteiger partial charge in [-0.15, -0.1) is 0 Å². The van der Waals surface area contributed by atoms with Crippen molar-refractivity contribution >= 4 is 0 Å². The van der Waals surface area contributed by atoms with E-state index in [4.69, 9.17) is 9.47 Å². The van der Waals surface area contributed by atoms with Crippen LogP contribution < -0.4 is 14.8 Å². The van der Waals surface area contributed by atoms with E-state index >= 15 is 0 Å². The summed E-state index contributed by atoms with van der Waals surface area (Å²) < 4.78 is 11.2. The zero-order valence-electron chi connectivity index (χ0n) is 13.5. The molecular formula is C18H29NO2. The van der Waals surface area contributed by atoms with Crippen LogP contribution in [0.2, 0.25) is 0 Å². The lowest BCUT2D eigenvalue weighted by atomic mass is 9.95. The number of ether oxygens (including phenoxy) is 2. The van der Waals surface area contributed by atoms with E-state index in [1.807, 2.05) is 6.07 Å². The molecule has 3 nitrogen and oxygen atoms in total. The summed E-state index contributed by atoms with van der Waals surface area (Å²) >= 11 is 0. The zero-order chi connectivity index (χ0) is 14.9. The maximum Gasteiger partial charge on any atom is 0.161 e. The third-order valence-corrected chi connectivity index (χ3v) is 4.18. The average molecular weight is 291 g/mol. The van der Waals surface area contributed by atoms with Crippen LogP contribution >= 0.6 is 0 Å². The summed E-state index contributed by atoms with van der Waals surface area (Å²) in [7, 11) is 1.71.